The Hall–Kier alpha value is -1.77. The number of aromatic nitrogens is 1. The standard InChI is InChI=1S/C11H10F3N3/c12-11(13,14)8-2-4-17(7-8)10-1-3-16-9(5-10)6-15/h1,3,5,8H,2,4,7H2. The van der Waals surface area contributed by atoms with E-state index in [4.69, 9.17) is 5.26 Å². The van der Waals surface area contributed by atoms with Crippen molar-refractivity contribution in [2.45, 2.75) is 12.6 Å². The summed E-state index contributed by atoms with van der Waals surface area (Å²) in [6.07, 6.45) is -2.59. The van der Waals surface area contributed by atoms with Crippen molar-refractivity contribution in [2.75, 3.05) is 18.0 Å². The van der Waals surface area contributed by atoms with Gasteiger partial charge in [0.05, 0.1) is 5.92 Å². The van der Waals surface area contributed by atoms with Crippen LogP contribution in [0.5, 0.6) is 0 Å². The topological polar surface area (TPSA) is 39.9 Å². The predicted molar refractivity (Wildman–Crippen MR) is 55.3 cm³/mol. The number of pyridine rings is 1. The smallest absolute Gasteiger partial charge is 0.371 e. The first kappa shape index (κ1) is 11.7. The van der Waals surface area contributed by atoms with Gasteiger partial charge in [-0.1, -0.05) is 0 Å². The molecule has 0 bridgehead atoms. The Morgan fingerprint density at radius 1 is 1.47 bits per heavy atom. The minimum Gasteiger partial charge on any atom is -0.371 e. The minimum atomic E-state index is -4.14. The van der Waals surface area contributed by atoms with Gasteiger partial charge in [-0.15, -0.1) is 0 Å². The molecular weight excluding hydrogens is 231 g/mol. The van der Waals surface area contributed by atoms with E-state index in [0.717, 1.165) is 0 Å². The summed E-state index contributed by atoms with van der Waals surface area (Å²) in [5, 5.41) is 8.68. The van der Waals surface area contributed by atoms with Gasteiger partial charge in [-0.25, -0.2) is 4.98 Å². The second-order valence-electron chi connectivity index (χ2n) is 3.98. The number of halogens is 3. The van der Waals surface area contributed by atoms with Crippen molar-refractivity contribution in [2.24, 2.45) is 5.92 Å². The molecule has 0 aliphatic carbocycles. The maximum atomic E-state index is 12.5. The fourth-order valence-electron chi connectivity index (χ4n) is 1.94. The molecule has 0 aromatic carbocycles. The summed E-state index contributed by atoms with van der Waals surface area (Å²) >= 11 is 0. The number of anilines is 1. The van der Waals surface area contributed by atoms with Gasteiger partial charge in [-0.05, 0) is 18.6 Å². The van der Waals surface area contributed by atoms with Crippen LogP contribution < -0.4 is 4.90 Å². The molecular formula is C11H10F3N3. The van der Waals surface area contributed by atoms with Gasteiger partial charge in [-0.3, -0.25) is 0 Å². The van der Waals surface area contributed by atoms with E-state index in [1.807, 2.05) is 6.07 Å². The van der Waals surface area contributed by atoms with Crippen molar-refractivity contribution in [1.82, 2.24) is 4.98 Å². The number of nitriles is 1. The third-order valence-electron chi connectivity index (χ3n) is 2.87. The van der Waals surface area contributed by atoms with E-state index in [-0.39, 0.29) is 18.7 Å². The first-order chi connectivity index (χ1) is 8.00. The third-order valence-corrected chi connectivity index (χ3v) is 2.87. The maximum Gasteiger partial charge on any atom is 0.393 e. The highest BCUT2D eigenvalue weighted by Crippen LogP contribution is 2.35. The molecule has 1 aliphatic heterocycles. The molecule has 17 heavy (non-hydrogen) atoms. The van der Waals surface area contributed by atoms with Crippen LogP contribution in [0, 0.1) is 17.2 Å². The first-order valence-corrected chi connectivity index (χ1v) is 5.18. The molecule has 0 saturated carbocycles. The Morgan fingerprint density at radius 3 is 2.82 bits per heavy atom. The molecule has 1 aliphatic rings. The van der Waals surface area contributed by atoms with E-state index >= 15 is 0 Å². The molecule has 0 spiro atoms. The molecule has 0 amide bonds. The highest BCUT2D eigenvalue weighted by Gasteiger charge is 2.43. The lowest BCUT2D eigenvalue weighted by Gasteiger charge is -2.19. The Bertz CT molecular complexity index is 450. The third kappa shape index (κ3) is 2.49. The van der Waals surface area contributed by atoms with Crippen LogP contribution in [0.15, 0.2) is 18.3 Å². The van der Waals surface area contributed by atoms with Gasteiger partial charge in [0.25, 0.3) is 0 Å². The average molecular weight is 241 g/mol. The first-order valence-electron chi connectivity index (χ1n) is 5.18. The van der Waals surface area contributed by atoms with Crippen LogP contribution in [0.1, 0.15) is 12.1 Å². The summed E-state index contributed by atoms with van der Waals surface area (Å²) in [6, 6.07) is 5.01. The fourth-order valence-corrected chi connectivity index (χ4v) is 1.94. The monoisotopic (exact) mass is 241 g/mol. The molecule has 1 unspecified atom stereocenters. The van der Waals surface area contributed by atoms with E-state index in [0.29, 0.717) is 12.2 Å². The second kappa shape index (κ2) is 4.24. The number of alkyl halides is 3. The van der Waals surface area contributed by atoms with Gasteiger partial charge in [0.2, 0.25) is 0 Å². The van der Waals surface area contributed by atoms with Crippen molar-refractivity contribution in [3.05, 3.63) is 24.0 Å². The molecule has 90 valence electrons. The van der Waals surface area contributed by atoms with Crippen LogP contribution >= 0.6 is 0 Å². The van der Waals surface area contributed by atoms with Crippen LogP contribution in [-0.4, -0.2) is 24.2 Å². The number of nitrogens with zero attached hydrogens (tertiary/aromatic N) is 3. The van der Waals surface area contributed by atoms with Gasteiger partial charge in [0.15, 0.2) is 0 Å². The summed E-state index contributed by atoms with van der Waals surface area (Å²) in [5.41, 5.74) is 0.848. The summed E-state index contributed by atoms with van der Waals surface area (Å²) in [7, 11) is 0. The van der Waals surface area contributed by atoms with Crippen LogP contribution in [0.25, 0.3) is 0 Å². The van der Waals surface area contributed by atoms with Crippen LogP contribution in [0.4, 0.5) is 18.9 Å². The number of hydrogen-bond donors (Lipinski definition) is 0. The Morgan fingerprint density at radius 2 is 2.24 bits per heavy atom. The Balaban J connectivity index is 2.13. The SMILES string of the molecule is N#Cc1cc(N2CCC(C(F)(F)F)C2)ccn1. The van der Waals surface area contributed by atoms with Crippen molar-refractivity contribution in [3.63, 3.8) is 0 Å². The molecule has 3 nitrogen and oxygen atoms in total. The molecule has 6 heteroatoms. The normalized spacial score (nSPS) is 20.4. The minimum absolute atomic E-state index is 0.0433. The molecule has 1 aromatic rings. The van der Waals surface area contributed by atoms with Crippen molar-refractivity contribution in [1.29, 1.82) is 5.26 Å². The summed E-state index contributed by atoms with van der Waals surface area (Å²) in [4.78, 5) is 5.43. The summed E-state index contributed by atoms with van der Waals surface area (Å²) < 4.78 is 37.5. The maximum absolute atomic E-state index is 12.5. The Labute approximate surface area is 96.5 Å². The molecule has 1 saturated heterocycles. The van der Waals surface area contributed by atoms with E-state index in [1.165, 1.54) is 12.3 Å². The lowest BCUT2D eigenvalue weighted by atomic mass is 10.1. The predicted octanol–water partition coefficient (Wildman–Crippen LogP) is 2.34. The highest BCUT2D eigenvalue weighted by molar-refractivity contribution is 5.49. The van der Waals surface area contributed by atoms with E-state index in [1.54, 1.807) is 11.0 Å². The average Bonchev–Trinajstić information content (AvgIpc) is 2.78. The highest BCUT2D eigenvalue weighted by atomic mass is 19.4. The lowest BCUT2D eigenvalue weighted by Crippen LogP contribution is -2.27. The van der Waals surface area contributed by atoms with Gasteiger partial charge in [0, 0.05) is 25.0 Å². The fraction of sp³-hybridized carbons (Fsp3) is 0.455. The lowest BCUT2D eigenvalue weighted by molar-refractivity contribution is -0.168. The van der Waals surface area contributed by atoms with Gasteiger partial charge in [-0.2, -0.15) is 18.4 Å². The number of rotatable bonds is 1. The second-order valence-corrected chi connectivity index (χ2v) is 3.98. The molecule has 1 aromatic heterocycles. The zero-order chi connectivity index (χ0) is 12.5. The van der Waals surface area contributed by atoms with E-state index in [2.05, 4.69) is 4.98 Å². The van der Waals surface area contributed by atoms with E-state index < -0.39 is 12.1 Å². The quantitative estimate of drug-likeness (QED) is 0.757. The van der Waals surface area contributed by atoms with Crippen LogP contribution in [0.2, 0.25) is 0 Å². The van der Waals surface area contributed by atoms with E-state index in [9.17, 15) is 13.2 Å². The van der Waals surface area contributed by atoms with Crippen molar-refractivity contribution in [3.8, 4) is 6.07 Å². The van der Waals surface area contributed by atoms with Crippen molar-refractivity contribution >= 4 is 5.69 Å². The molecule has 1 fully saturated rings. The van der Waals surface area contributed by atoms with Gasteiger partial charge < -0.3 is 4.90 Å². The molecule has 2 heterocycles. The molecule has 2 rings (SSSR count). The van der Waals surface area contributed by atoms with Gasteiger partial charge in [0.1, 0.15) is 11.8 Å². The molecule has 0 N–H and O–H groups in total. The summed E-state index contributed by atoms with van der Waals surface area (Å²) in [5.74, 6) is -1.28. The largest absolute Gasteiger partial charge is 0.393 e. The van der Waals surface area contributed by atoms with Gasteiger partial charge >= 0.3 is 6.18 Å². The Kier molecular flexibility index (Phi) is 2.92. The van der Waals surface area contributed by atoms with Crippen LogP contribution in [-0.2, 0) is 0 Å². The molecule has 0 radical (unpaired) electrons. The molecule has 1 atom stereocenters. The summed E-state index contributed by atoms with van der Waals surface area (Å²) in [6.45, 7) is 0.317. The zero-order valence-corrected chi connectivity index (χ0v) is 8.91. The zero-order valence-electron chi connectivity index (χ0n) is 8.91. The van der Waals surface area contributed by atoms with Crippen LogP contribution in [0.3, 0.4) is 0 Å². The number of hydrogen-bond acceptors (Lipinski definition) is 3. The van der Waals surface area contributed by atoms with Crippen molar-refractivity contribution < 1.29 is 13.2 Å².